The van der Waals surface area contributed by atoms with Crippen molar-refractivity contribution >= 4 is 17.3 Å². The Bertz CT molecular complexity index is 907. The first kappa shape index (κ1) is 22.7. The van der Waals surface area contributed by atoms with Crippen LogP contribution in [-0.4, -0.2) is 23.0 Å². The van der Waals surface area contributed by atoms with E-state index in [2.05, 4.69) is 6.08 Å². The summed E-state index contributed by atoms with van der Waals surface area (Å²) in [6.45, 7) is 17.2. The molecule has 1 aliphatic heterocycles. The van der Waals surface area contributed by atoms with Crippen molar-refractivity contribution in [3.05, 3.63) is 35.1 Å². The molecule has 0 aromatic heterocycles. The maximum atomic E-state index is 14.2. The summed E-state index contributed by atoms with van der Waals surface area (Å²) in [5.41, 5.74) is -2.49. The van der Waals surface area contributed by atoms with Crippen LogP contribution < -0.4 is 0 Å². The Morgan fingerprint density at radius 2 is 1.77 bits per heavy atom. The zero-order valence-corrected chi connectivity index (χ0v) is 19.9. The van der Waals surface area contributed by atoms with Crippen LogP contribution in [0.3, 0.4) is 0 Å². The van der Waals surface area contributed by atoms with Crippen LogP contribution in [-0.2, 0) is 19.1 Å². The van der Waals surface area contributed by atoms with Gasteiger partial charge in [-0.3, -0.25) is 14.4 Å². The number of carbonyl (C=O) groups is 3. The van der Waals surface area contributed by atoms with Crippen molar-refractivity contribution in [2.45, 2.75) is 80.8 Å². The van der Waals surface area contributed by atoms with Crippen molar-refractivity contribution in [3.63, 3.8) is 0 Å². The van der Waals surface area contributed by atoms with Crippen molar-refractivity contribution in [1.82, 2.24) is 0 Å². The van der Waals surface area contributed by atoms with E-state index in [1.165, 1.54) is 5.57 Å². The van der Waals surface area contributed by atoms with Crippen LogP contribution in [0.5, 0.6) is 0 Å². The van der Waals surface area contributed by atoms with Crippen LogP contribution >= 0.6 is 0 Å². The van der Waals surface area contributed by atoms with Crippen LogP contribution in [0.15, 0.2) is 35.1 Å². The van der Waals surface area contributed by atoms with Crippen molar-refractivity contribution in [2.24, 2.45) is 28.1 Å². The van der Waals surface area contributed by atoms with E-state index in [1.54, 1.807) is 19.9 Å². The number of Topliss-reactive ketones (excluding diaryl/α,β-unsaturated/α-hetero) is 3. The molecule has 4 nitrogen and oxygen atoms in total. The lowest BCUT2D eigenvalue weighted by Gasteiger charge is -2.60. The molecule has 0 N–H and O–H groups in total. The molecule has 3 atom stereocenters. The highest BCUT2D eigenvalue weighted by molar-refractivity contribution is 6.34. The third-order valence-corrected chi connectivity index (χ3v) is 7.54. The Labute approximate surface area is 180 Å². The number of hydrogen-bond acceptors (Lipinski definition) is 4. The van der Waals surface area contributed by atoms with Gasteiger partial charge in [0.15, 0.2) is 22.8 Å². The van der Waals surface area contributed by atoms with Crippen molar-refractivity contribution in [2.75, 3.05) is 0 Å². The first-order chi connectivity index (χ1) is 13.6. The average Bonchev–Trinajstić information content (AvgIpc) is 2.61. The standard InChI is InChI=1S/C26H36O4/c1-15(2)10-11-17-14-25(9)21-18(12-13-23(5,6)30-21)20(28)26(22(25)29,24(17,7)8)19(27)16(3)4/h10,12-13,16-17H,11,14H2,1-9H3/t17-,25+,26-/m1/s1. The van der Waals surface area contributed by atoms with Gasteiger partial charge in [-0.1, -0.05) is 39.3 Å². The molecule has 2 bridgehead atoms. The van der Waals surface area contributed by atoms with Gasteiger partial charge in [-0.15, -0.1) is 0 Å². The molecule has 3 aliphatic rings. The van der Waals surface area contributed by atoms with E-state index in [0.717, 1.165) is 6.42 Å². The van der Waals surface area contributed by atoms with Gasteiger partial charge in [0.2, 0.25) is 0 Å². The number of ether oxygens (including phenoxy) is 1. The highest BCUT2D eigenvalue weighted by Gasteiger charge is 2.74. The second-order valence-electron chi connectivity index (χ2n) is 11.2. The number of rotatable bonds is 4. The van der Waals surface area contributed by atoms with E-state index in [4.69, 9.17) is 4.74 Å². The molecular weight excluding hydrogens is 376 g/mol. The molecule has 0 aromatic rings. The minimum Gasteiger partial charge on any atom is -0.486 e. The normalized spacial score (nSPS) is 33.9. The SMILES string of the molecule is CC(C)=CC[C@@H]1C[C@]2(C)C(=O)[C@@](C(=O)C(C)C)(C(=O)C3=C2OC(C)(C)C=C3)C1(C)C. The molecule has 0 amide bonds. The molecule has 4 heteroatoms. The van der Waals surface area contributed by atoms with Crippen LogP contribution in [0, 0.1) is 28.1 Å². The quantitative estimate of drug-likeness (QED) is 0.460. The second kappa shape index (κ2) is 6.77. The van der Waals surface area contributed by atoms with E-state index >= 15 is 0 Å². The van der Waals surface area contributed by atoms with Gasteiger partial charge in [0.05, 0.1) is 11.0 Å². The largest absolute Gasteiger partial charge is 0.486 e. The van der Waals surface area contributed by atoms with E-state index in [0.29, 0.717) is 17.8 Å². The van der Waals surface area contributed by atoms with Gasteiger partial charge >= 0.3 is 0 Å². The molecule has 0 aromatic carbocycles. The van der Waals surface area contributed by atoms with Crippen LogP contribution in [0.2, 0.25) is 0 Å². The third-order valence-electron chi connectivity index (χ3n) is 7.54. The number of ketones is 3. The van der Waals surface area contributed by atoms with E-state index in [1.807, 2.05) is 54.5 Å². The molecule has 0 spiro atoms. The van der Waals surface area contributed by atoms with Gasteiger partial charge in [0.25, 0.3) is 0 Å². The molecule has 1 saturated carbocycles. The van der Waals surface area contributed by atoms with Crippen molar-refractivity contribution < 1.29 is 19.1 Å². The Balaban J connectivity index is 2.35. The number of hydrogen-bond donors (Lipinski definition) is 0. The highest BCUT2D eigenvalue weighted by Crippen LogP contribution is 2.65. The zero-order chi connectivity index (χ0) is 22.9. The van der Waals surface area contributed by atoms with Gasteiger partial charge in [0, 0.05) is 5.92 Å². The van der Waals surface area contributed by atoms with Gasteiger partial charge in [-0.2, -0.15) is 0 Å². The number of carbonyl (C=O) groups excluding carboxylic acids is 3. The minimum absolute atomic E-state index is 0.00609. The molecule has 1 fully saturated rings. The van der Waals surface area contributed by atoms with Gasteiger partial charge in [0.1, 0.15) is 11.4 Å². The molecule has 30 heavy (non-hydrogen) atoms. The fourth-order valence-electron chi connectivity index (χ4n) is 5.68. The Hall–Kier alpha value is -1.97. The molecule has 0 saturated heterocycles. The summed E-state index contributed by atoms with van der Waals surface area (Å²) in [4.78, 5) is 42.0. The summed E-state index contributed by atoms with van der Waals surface area (Å²) in [6, 6.07) is 0. The van der Waals surface area contributed by atoms with Crippen LogP contribution in [0.25, 0.3) is 0 Å². The molecule has 0 radical (unpaired) electrons. The summed E-state index contributed by atoms with van der Waals surface area (Å²) >= 11 is 0. The number of fused-ring (bicyclic) bond motifs is 3. The fraction of sp³-hybridized carbons (Fsp3) is 0.654. The van der Waals surface area contributed by atoms with Crippen LogP contribution in [0.1, 0.15) is 75.2 Å². The average molecular weight is 413 g/mol. The van der Waals surface area contributed by atoms with E-state index in [-0.39, 0.29) is 23.3 Å². The Kier molecular flexibility index (Phi) is 5.12. The lowest BCUT2D eigenvalue weighted by molar-refractivity contribution is -0.178. The molecule has 2 aliphatic carbocycles. The topological polar surface area (TPSA) is 60.4 Å². The maximum Gasteiger partial charge on any atom is 0.187 e. The van der Waals surface area contributed by atoms with Gasteiger partial charge < -0.3 is 4.74 Å². The molecular formula is C26H36O4. The molecule has 1 heterocycles. The van der Waals surface area contributed by atoms with Crippen molar-refractivity contribution in [1.29, 1.82) is 0 Å². The molecule has 3 rings (SSSR count). The minimum atomic E-state index is -1.68. The molecule has 164 valence electrons. The van der Waals surface area contributed by atoms with Gasteiger partial charge in [-0.25, -0.2) is 0 Å². The van der Waals surface area contributed by atoms with E-state index in [9.17, 15) is 14.4 Å². The lowest BCUT2D eigenvalue weighted by Crippen LogP contribution is -2.70. The van der Waals surface area contributed by atoms with Crippen LogP contribution in [0.4, 0.5) is 0 Å². The first-order valence-electron chi connectivity index (χ1n) is 11.0. The number of allylic oxidation sites excluding steroid dienone is 5. The summed E-state index contributed by atoms with van der Waals surface area (Å²) in [5, 5.41) is 0. The first-order valence-corrected chi connectivity index (χ1v) is 11.0. The van der Waals surface area contributed by atoms with E-state index < -0.39 is 27.8 Å². The zero-order valence-electron chi connectivity index (χ0n) is 19.9. The summed E-state index contributed by atoms with van der Waals surface area (Å²) in [6.07, 6.45) is 7.06. The lowest BCUT2D eigenvalue weighted by atomic mass is 9.40. The van der Waals surface area contributed by atoms with Crippen molar-refractivity contribution in [3.8, 4) is 0 Å². The smallest absolute Gasteiger partial charge is 0.187 e. The highest BCUT2D eigenvalue weighted by atomic mass is 16.5. The van der Waals surface area contributed by atoms with Gasteiger partial charge in [-0.05, 0) is 70.9 Å². The summed E-state index contributed by atoms with van der Waals surface area (Å²) in [5.74, 6) is -0.890. The Morgan fingerprint density at radius 3 is 2.30 bits per heavy atom. The predicted molar refractivity (Wildman–Crippen MR) is 118 cm³/mol. The predicted octanol–water partition coefficient (Wildman–Crippen LogP) is 5.38. The molecule has 0 unspecified atom stereocenters. The fourth-order valence-corrected chi connectivity index (χ4v) is 5.68. The Morgan fingerprint density at radius 1 is 1.17 bits per heavy atom. The summed E-state index contributed by atoms with van der Waals surface area (Å²) in [7, 11) is 0. The monoisotopic (exact) mass is 412 g/mol. The second-order valence-corrected chi connectivity index (χ2v) is 11.2. The third kappa shape index (κ3) is 2.82. The summed E-state index contributed by atoms with van der Waals surface area (Å²) < 4.78 is 6.26. The maximum absolute atomic E-state index is 14.2.